The van der Waals surface area contributed by atoms with E-state index >= 15 is 0 Å². The predicted molar refractivity (Wildman–Crippen MR) is 70.7 cm³/mol. The molecule has 1 aliphatic heterocycles. The van der Waals surface area contributed by atoms with E-state index in [1.807, 2.05) is 0 Å². The zero-order valence-corrected chi connectivity index (χ0v) is 11.4. The highest BCUT2D eigenvalue weighted by Gasteiger charge is 2.32. The smallest absolute Gasteiger partial charge is 0.288 e. The van der Waals surface area contributed by atoms with Gasteiger partial charge in [-0.3, -0.25) is 14.9 Å². The molecule has 1 aliphatic rings. The number of amides is 1. The molecule has 0 spiro atoms. The molecule has 108 valence electrons. The second-order valence-electron chi connectivity index (χ2n) is 4.50. The lowest BCUT2D eigenvalue weighted by Gasteiger charge is -2.26. The molecule has 20 heavy (non-hydrogen) atoms. The number of nitrogens with zero attached hydrogens (tertiary/aromatic N) is 3. The summed E-state index contributed by atoms with van der Waals surface area (Å²) < 4.78 is 0. The molecule has 1 fully saturated rings. The van der Waals surface area contributed by atoms with Crippen molar-refractivity contribution in [3.05, 3.63) is 33.1 Å². The number of pyridine rings is 1. The Morgan fingerprint density at radius 3 is 2.90 bits per heavy atom. The Kier molecular flexibility index (Phi) is 4.17. The van der Waals surface area contributed by atoms with Gasteiger partial charge >= 0.3 is 0 Å². The molecule has 0 radical (unpaired) electrons. The van der Waals surface area contributed by atoms with Gasteiger partial charge in [-0.25, -0.2) is 4.98 Å². The Hall–Kier alpha value is -1.77. The summed E-state index contributed by atoms with van der Waals surface area (Å²) in [5.41, 5.74) is -0.362. The molecule has 1 amide bonds. The third-order valence-corrected chi connectivity index (χ3v) is 3.54. The zero-order valence-electron chi connectivity index (χ0n) is 10.6. The van der Waals surface area contributed by atoms with Gasteiger partial charge in [0.2, 0.25) is 0 Å². The summed E-state index contributed by atoms with van der Waals surface area (Å²) in [6.45, 7) is 0.840. The molecule has 0 aliphatic carbocycles. The van der Waals surface area contributed by atoms with Crippen LogP contribution in [-0.2, 0) is 0 Å². The van der Waals surface area contributed by atoms with Crippen LogP contribution in [-0.4, -0.2) is 58.1 Å². The summed E-state index contributed by atoms with van der Waals surface area (Å²) in [5, 5.41) is 23.3. The summed E-state index contributed by atoms with van der Waals surface area (Å²) >= 11 is 5.82. The van der Waals surface area contributed by atoms with Gasteiger partial charge in [0.1, 0.15) is 11.3 Å². The SMILES string of the molecule is CN(C(=O)c1cc([N+](=O)[O-])cnc1Cl)[C@H]1CNC[C@@H]1O. The van der Waals surface area contributed by atoms with Gasteiger partial charge in [0.25, 0.3) is 11.6 Å². The van der Waals surface area contributed by atoms with Gasteiger partial charge in [-0.05, 0) is 0 Å². The number of hydrogen-bond donors (Lipinski definition) is 2. The Balaban J connectivity index is 2.28. The number of hydrogen-bond acceptors (Lipinski definition) is 6. The highest BCUT2D eigenvalue weighted by Crippen LogP contribution is 2.22. The number of nitrogens with one attached hydrogen (secondary N) is 1. The van der Waals surface area contributed by atoms with E-state index in [1.54, 1.807) is 0 Å². The van der Waals surface area contributed by atoms with Crippen LogP contribution in [0.1, 0.15) is 10.4 Å². The fraction of sp³-hybridized carbons (Fsp3) is 0.455. The molecule has 0 bridgehead atoms. The molecule has 8 nitrogen and oxygen atoms in total. The second kappa shape index (κ2) is 5.70. The number of β-amino-alcohol motifs (C(OH)–C–C–N with tert-alkyl or cyclic N) is 1. The van der Waals surface area contributed by atoms with Crippen molar-refractivity contribution in [3.8, 4) is 0 Å². The Bertz CT molecular complexity index is 553. The lowest BCUT2D eigenvalue weighted by molar-refractivity contribution is -0.385. The largest absolute Gasteiger partial charge is 0.390 e. The third-order valence-electron chi connectivity index (χ3n) is 3.23. The van der Waals surface area contributed by atoms with Crippen LogP contribution in [0.4, 0.5) is 5.69 Å². The molecule has 2 atom stereocenters. The molecule has 1 aromatic heterocycles. The first-order valence-corrected chi connectivity index (χ1v) is 6.25. The quantitative estimate of drug-likeness (QED) is 0.464. The van der Waals surface area contributed by atoms with Gasteiger partial charge in [0, 0.05) is 26.2 Å². The van der Waals surface area contributed by atoms with Crippen LogP contribution in [0.25, 0.3) is 0 Å². The first-order chi connectivity index (χ1) is 9.41. The number of aliphatic hydroxyl groups excluding tert-OH is 1. The van der Waals surface area contributed by atoms with Crippen molar-refractivity contribution in [2.24, 2.45) is 0 Å². The number of likely N-dealkylation sites (N-methyl/N-ethyl adjacent to an activating group) is 1. The van der Waals surface area contributed by atoms with E-state index < -0.39 is 23.0 Å². The molecule has 2 N–H and O–H groups in total. The highest BCUT2D eigenvalue weighted by molar-refractivity contribution is 6.32. The minimum Gasteiger partial charge on any atom is -0.390 e. The summed E-state index contributed by atoms with van der Waals surface area (Å²) in [6, 6.07) is 0.681. The van der Waals surface area contributed by atoms with Gasteiger partial charge in [0.05, 0.1) is 22.6 Å². The van der Waals surface area contributed by atoms with Gasteiger partial charge in [0.15, 0.2) is 0 Å². The average molecular weight is 301 g/mol. The number of rotatable bonds is 3. The van der Waals surface area contributed by atoms with Crippen molar-refractivity contribution in [2.75, 3.05) is 20.1 Å². The van der Waals surface area contributed by atoms with Crippen molar-refractivity contribution in [1.82, 2.24) is 15.2 Å². The molecule has 1 aromatic rings. The Morgan fingerprint density at radius 1 is 1.65 bits per heavy atom. The fourth-order valence-corrected chi connectivity index (χ4v) is 2.26. The Labute approximate surface area is 119 Å². The maximum absolute atomic E-state index is 12.3. The van der Waals surface area contributed by atoms with E-state index in [4.69, 9.17) is 11.6 Å². The summed E-state index contributed by atoms with van der Waals surface area (Å²) in [5.74, 6) is -0.515. The first kappa shape index (κ1) is 14.6. The molecule has 0 unspecified atom stereocenters. The first-order valence-electron chi connectivity index (χ1n) is 5.87. The second-order valence-corrected chi connectivity index (χ2v) is 4.86. The van der Waals surface area contributed by atoms with E-state index in [0.29, 0.717) is 13.1 Å². The van der Waals surface area contributed by atoms with E-state index in [0.717, 1.165) is 12.3 Å². The number of aromatic nitrogens is 1. The molecule has 0 aromatic carbocycles. The van der Waals surface area contributed by atoms with Crippen molar-refractivity contribution >= 4 is 23.2 Å². The summed E-state index contributed by atoms with van der Waals surface area (Å²) in [6.07, 6.45) is 0.305. The molecule has 9 heteroatoms. The highest BCUT2D eigenvalue weighted by atomic mass is 35.5. The lowest BCUT2D eigenvalue weighted by Crippen LogP contribution is -2.44. The normalized spacial score (nSPS) is 21.8. The van der Waals surface area contributed by atoms with E-state index in [9.17, 15) is 20.0 Å². The maximum Gasteiger partial charge on any atom is 0.288 e. The maximum atomic E-state index is 12.3. The number of halogens is 1. The van der Waals surface area contributed by atoms with Crippen LogP contribution < -0.4 is 5.32 Å². The van der Waals surface area contributed by atoms with Crippen molar-refractivity contribution in [2.45, 2.75) is 12.1 Å². The van der Waals surface area contributed by atoms with Gasteiger partial charge < -0.3 is 15.3 Å². The predicted octanol–water partition coefficient (Wildman–Crippen LogP) is 0.0479. The molecule has 2 rings (SSSR count). The molecule has 2 heterocycles. The van der Waals surface area contributed by atoms with Crippen molar-refractivity contribution in [3.63, 3.8) is 0 Å². The number of carbonyl (C=O) groups excluding carboxylic acids is 1. The van der Waals surface area contributed by atoms with Crippen molar-refractivity contribution < 1.29 is 14.8 Å². The van der Waals surface area contributed by atoms with Crippen LogP contribution in [0.15, 0.2) is 12.3 Å². The topological polar surface area (TPSA) is 109 Å². The van der Waals surface area contributed by atoms with Crippen LogP contribution in [0.2, 0.25) is 5.15 Å². The monoisotopic (exact) mass is 300 g/mol. The average Bonchev–Trinajstić information content (AvgIpc) is 2.83. The lowest BCUT2D eigenvalue weighted by atomic mass is 10.1. The van der Waals surface area contributed by atoms with Crippen LogP contribution in [0, 0.1) is 10.1 Å². The van der Waals surface area contributed by atoms with Gasteiger partial charge in [-0.15, -0.1) is 0 Å². The third kappa shape index (κ3) is 2.72. The molecule has 0 saturated carbocycles. The fourth-order valence-electron chi connectivity index (χ4n) is 2.07. The van der Waals surface area contributed by atoms with Crippen LogP contribution in [0.5, 0.6) is 0 Å². The van der Waals surface area contributed by atoms with E-state index in [1.165, 1.54) is 11.9 Å². The zero-order chi connectivity index (χ0) is 14.9. The number of aliphatic hydroxyl groups is 1. The standard InChI is InChI=1S/C11H13ClN4O4/c1-15(8-4-13-5-9(8)17)11(18)7-2-6(16(19)20)3-14-10(7)12/h2-3,8-9,13,17H,4-5H2,1H3/t8-,9-/m0/s1. The molecular formula is C11H13ClN4O4. The number of carbonyl (C=O) groups is 1. The van der Waals surface area contributed by atoms with E-state index in [-0.39, 0.29) is 16.4 Å². The van der Waals surface area contributed by atoms with Gasteiger partial charge in [-0.2, -0.15) is 0 Å². The minimum atomic E-state index is -0.686. The van der Waals surface area contributed by atoms with E-state index in [2.05, 4.69) is 10.3 Å². The summed E-state index contributed by atoms with van der Waals surface area (Å²) in [4.78, 5) is 27.3. The van der Waals surface area contributed by atoms with Crippen molar-refractivity contribution in [1.29, 1.82) is 0 Å². The van der Waals surface area contributed by atoms with Gasteiger partial charge in [-0.1, -0.05) is 11.6 Å². The Morgan fingerprint density at radius 2 is 2.35 bits per heavy atom. The van der Waals surface area contributed by atoms with Crippen LogP contribution in [0.3, 0.4) is 0 Å². The summed E-state index contributed by atoms with van der Waals surface area (Å²) in [7, 11) is 1.51. The molecule has 1 saturated heterocycles. The number of nitro groups is 1. The molecular weight excluding hydrogens is 288 g/mol. The van der Waals surface area contributed by atoms with Crippen LogP contribution >= 0.6 is 11.6 Å². The minimum absolute atomic E-state index is 0.0533.